The molecule has 0 radical (unpaired) electrons. The van der Waals surface area contributed by atoms with Gasteiger partial charge in [0.25, 0.3) is 0 Å². The lowest BCUT2D eigenvalue weighted by molar-refractivity contribution is -0.123. The smallest absolute Gasteiger partial charge is 0.234 e. The van der Waals surface area contributed by atoms with Crippen molar-refractivity contribution in [1.82, 2.24) is 9.80 Å². The molecule has 3 rings (SSSR count). The monoisotopic (exact) mass is 335 g/mol. The Kier molecular flexibility index (Phi) is 5.48. The van der Waals surface area contributed by atoms with Gasteiger partial charge in [-0.3, -0.25) is 9.69 Å². The number of nitrogens with two attached hydrogens (primary N) is 1. The van der Waals surface area contributed by atoms with Crippen molar-refractivity contribution in [3.05, 3.63) is 35.6 Å². The van der Waals surface area contributed by atoms with Crippen LogP contribution in [0.4, 0.5) is 4.39 Å². The highest BCUT2D eigenvalue weighted by Gasteiger charge is 2.35. The van der Waals surface area contributed by atoms with Gasteiger partial charge in [0, 0.05) is 12.6 Å². The van der Waals surface area contributed by atoms with Crippen molar-refractivity contribution >= 4 is 5.91 Å². The lowest BCUT2D eigenvalue weighted by atomic mass is 10.0. The number of piperidine rings is 1. The zero-order valence-corrected chi connectivity index (χ0v) is 13.9. The van der Waals surface area contributed by atoms with E-state index in [0.29, 0.717) is 12.6 Å². The van der Waals surface area contributed by atoms with Gasteiger partial charge in [0.05, 0.1) is 12.1 Å². The molecule has 1 amide bonds. The van der Waals surface area contributed by atoms with Crippen LogP contribution < -0.4 is 5.73 Å². The van der Waals surface area contributed by atoms with E-state index in [2.05, 4.69) is 9.80 Å². The molecule has 1 aromatic carbocycles. The topological polar surface area (TPSA) is 69.8 Å². The van der Waals surface area contributed by atoms with Crippen LogP contribution >= 0.6 is 0 Å². The van der Waals surface area contributed by atoms with Gasteiger partial charge in [-0.15, -0.1) is 0 Å². The number of carbonyl (C=O) groups is 1. The molecule has 2 aliphatic rings. The van der Waals surface area contributed by atoms with Crippen LogP contribution in [-0.2, 0) is 4.79 Å². The summed E-state index contributed by atoms with van der Waals surface area (Å²) in [5.41, 5.74) is 6.25. The third-order valence-corrected chi connectivity index (χ3v) is 5.33. The fourth-order valence-corrected chi connectivity index (χ4v) is 4.00. The molecule has 132 valence electrons. The van der Waals surface area contributed by atoms with Gasteiger partial charge in [-0.2, -0.15) is 0 Å². The van der Waals surface area contributed by atoms with Gasteiger partial charge in [-0.05, 0) is 63.0 Å². The van der Waals surface area contributed by atoms with E-state index in [-0.39, 0.29) is 17.8 Å². The molecule has 2 unspecified atom stereocenters. The van der Waals surface area contributed by atoms with E-state index in [9.17, 15) is 14.3 Å². The highest BCUT2D eigenvalue weighted by molar-refractivity contribution is 5.80. The number of hydrogen-bond donors (Lipinski definition) is 2. The zero-order valence-electron chi connectivity index (χ0n) is 13.9. The van der Waals surface area contributed by atoms with E-state index in [1.54, 1.807) is 12.1 Å². The number of nitrogens with zero attached hydrogens (tertiary/aromatic N) is 2. The molecule has 1 aromatic rings. The zero-order chi connectivity index (χ0) is 17.1. The summed E-state index contributed by atoms with van der Waals surface area (Å²) in [4.78, 5) is 16.1. The summed E-state index contributed by atoms with van der Waals surface area (Å²) in [6.45, 7) is 3.30. The van der Waals surface area contributed by atoms with E-state index >= 15 is 0 Å². The average Bonchev–Trinajstić information content (AvgIpc) is 3.06. The Morgan fingerprint density at radius 2 is 1.88 bits per heavy atom. The molecule has 24 heavy (non-hydrogen) atoms. The molecule has 0 saturated carbocycles. The van der Waals surface area contributed by atoms with Crippen LogP contribution in [0.25, 0.3) is 0 Å². The molecule has 2 atom stereocenters. The molecule has 0 bridgehead atoms. The number of β-amino-alcohol motifs (C(OH)–C–C–N with tert-alkyl or cyclic N) is 1. The maximum Gasteiger partial charge on any atom is 0.234 e. The van der Waals surface area contributed by atoms with Crippen molar-refractivity contribution in [1.29, 1.82) is 0 Å². The second-order valence-electron chi connectivity index (χ2n) is 6.90. The molecular weight excluding hydrogens is 309 g/mol. The summed E-state index contributed by atoms with van der Waals surface area (Å²) in [6, 6.07) is 6.32. The Morgan fingerprint density at radius 3 is 2.50 bits per heavy atom. The first-order valence-electron chi connectivity index (χ1n) is 8.75. The third kappa shape index (κ3) is 3.94. The SMILES string of the molecule is NC(=O)C1CCCN1C1CCN(CC(O)c2ccc(F)cc2)CC1. The lowest BCUT2D eigenvalue weighted by Gasteiger charge is -2.39. The second-order valence-corrected chi connectivity index (χ2v) is 6.90. The first kappa shape index (κ1) is 17.3. The molecular formula is C18H26FN3O2. The molecule has 0 aliphatic carbocycles. The summed E-state index contributed by atoms with van der Waals surface area (Å²) < 4.78 is 13.0. The summed E-state index contributed by atoms with van der Waals surface area (Å²) in [7, 11) is 0. The van der Waals surface area contributed by atoms with Gasteiger partial charge in [0.1, 0.15) is 5.82 Å². The molecule has 2 aliphatic heterocycles. The van der Waals surface area contributed by atoms with Crippen molar-refractivity contribution in [3.8, 4) is 0 Å². The van der Waals surface area contributed by atoms with E-state index in [1.165, 1.54) is 12.1 Å². The quantitative estimate of drug-likeness (QED) is 0.850. The van der Waals surface area contributed by atoms with Crippen molar-refractivity contribution in [3.63, 3.8) is 0 Å². The predicted octanol–water partition coefficient (Wildman–Crippen LogP) is 1.27. The Balaban J connectivity index is 1.50. The molecule has 6 heteroatoms. The molecule has 3 N–H and O–H groups in total. The number of primary amides is 1. The Bertz CT molecular complexity index is 558. The van der Waals surface area contributed by atoms with Gasteiger partial charge in [0.2, 0.25) is 5.91 Å². The summed E-state index contributed by atoms with van der Waals surface area (Å²) in [5, 5.41) is 10.3. The third-order valence-electron chi connectivity index (χ3n) is 5.33. The first-order valence-corrected chi connectivity index (χ1v) is 8.75. The number of likely N-dealkylation sites (tertiary alicyclic amines) is 2. The fourth-order valence-electron chi connectivity index (χ4n) is 4.00. The number of hydrogen-bond acceptors (Lipinski definition) is 4. The lowest BCUT2D eigenvalue weighted by Crippen LogP contribution is -2.50. The highest BCUT2D eigenvalue weighted by atomic mass is 19.1. The van der Waals surface area contributed by atoms with E-state index in [0.717, 1.165) is 50.9 Å². The van der Waals surface area contributed by atoms with Gasteiger partial charge in [-0.1, -0.05) is 12.1 Å². The normalized spacial score (nSPS) is 25.0. The predicted molar refractivity (Wildman–Crippen MR) is 89.7 cm³/mol. The number of aliphatic hydroxyl groups excluding tert-OH is 1. The van der Waals surface area contributed by atoms with Gasteiger partial charge in [-0.25, -0.2) is 4.39 Å². The van der Waals surface area contributed by atoms with Crippen molar-refractivity contribution < 1.29 is 14.3 Å². The molecule has 2 heterocycles. The van der Waals surface area contributed by atoms with Crippen LogP contribution in [-0.4, -0.2) is 59.1 Å². The minimum absolute atomic E-state index is 0.105. The van der Waals surface area contributed by atoms with Crippen LogP contribution in [0, 0.1) is 5.82 Å². The number of benzene rings is 1. The van der Waals surface area contributed by atoms with Crippen molar-refractivity contribution in [2.24, 2.45) is 5.73 Å². The second kappa shape index (κ2) is 7.59. The van der Waals surface area contributed by atoms with Crippen molar-refractivity contribution in [2.75, 3.05) is 26.2 Å². The first-order chi connectivity index (χ1) is 11.5. The standard InChI is InChI=1S/C18H26FN3O2/c19-14-5-3-13(4-6-14)17(23)12-21-10-7-15(8-11-21)22-9-1-2-16(22)18(20)24/h3-6,15-17,23H,1-2,7-12H2,(H2,20,24). The van der Waals surface area contributed by atoms with Gasteiger partial charge in [0.15, 0.2) is 0 Å². The fraction of sp³-hybridized carbons (Fsp3) is 0.611. The molecule has 0 aromatic heterocycles. The number of rotatable bonds is 5. The number of amides is 1. The van der Waals surface area contributed by atoms with Crippen molar-refractivity contribution in [2.45, 2.75) is 43.9 Å². The number of aliphatic hydroxyl groups is 1. The molecule has 5 nitrogen and oxygen atoms in total. The Labute approximate surface area is 142 Å². The van der Waals surface area contributed by atoms with E-state index < -0.39 is 6.10 Å². The minimum Gasteiger partial charge on any atom is -0.387 e. The van der Waals surface area contributed by atoms with Crippen LogP contribution in [0.2, 0.25) is 0 Å². The van der Waals surface area contributed by atoms with Gasteiger partial charge >= 0.3 is 0 Å². The van der Waals surface area contributed by atoms with Crippen LogP contribution in [0.5, 0.6) is 0 Å². The van der Waals surface area contributed by atoms with Crippen LogP contribution in [0.15, 0.2) is 24.3 Å². The minimum atomic E-state index is -0.604. The summed E-state index contributed by atoms with van der Waals surface area (Å²) in [5.74, 6) is -0.497. The molecule has 2 fully saturated rings. The average molecular weight is 335 g/mol. The number of halogens is 1. The Morgan fingerprint density at radius 1 is 1.21 bits per heavy atom. The maximum atomic E-state index is 13.0. The van der Waals surface area contributed by atoms with Crippen LogP contribution in [0.3, 0.4) is 0 Å². The Hall–Kier alpha value is -1.50. The number of carbonyl (C=O) groups excluding carboxylic acids is 1. The summed E-state index contributed by atoms with van der Waals surface area (Å²) in [6.07, 6.45) is 3.28. The molecule has 2 saturated heterocycles. The largest absolute Gasteiger partial charge is 0.387 e. The maximum absolute atomic E-state index is 13.0. The summed E-state index contributed by atoms with van der Waals surface area (Å²) >= 11 is 0. The van der Waals surface area contributed by atoms with E-state index in [1.807, 2.05) is 0 Å². The van der Waals surface area contributed by atoms with Gasteiger partial charge < -0.3 is 15.7 Å². The molecule has 0 spiro atoms. The van der Waals surface area contributed by atoms with Crippen LogP contribution in [0.1, 0.15) is 37.4 Å². The van der Waals surface area contributed by atoms with E-state index in [4.69, 9.17) is 5.73 Å². The highest BCUT2D eigenvalue weighted by Crippen LogP contribution is 2.26.